The van der Waals surface area contributed by atoms with Crippen LogP contribution in [0.3, 0.4) is 0 Å². The molecular formula is C13H17ClO3. The van der Waals surface area contributed by atoms with E-state index in [-0.39, 0.29) is 0 Å². The van der Waals surface area contributed by atoms with Gasteiger partial charge in [-0.2, -0.15) is 0 Å². The van der Waals surface area contributed by atoms with Crippen LogP contribution >= 0.6 is 11.6 Å². The number of hydrogen-bond donors (Lipinski definition) is 0. The first kappa shape index (κ1) is 12.7. The Morgan fingerprint density at radius 1 is 1.35 bits per heavy atom. The molecule has 0 aromatic heterocycles. The molecule has 0 saturated carbocycles. The minimum absolute atomic E-state index is 0.485. The molecule has 1 aromatic rings. The fraction of sp³-hybridized carbons (Fsp3) is 0.538. The highest BCUT2D eigenvalue weighted by Crippen LogP contribution is 2.24. The molecule has 1 heterocycles. The minimum Gasteiger partial charge on any atom is -0.493 e. The molecule has 1 saturated heterocycles. The van der Waals surface area contributed by atoms with E-state index in [0.29, 0.717) is 26.2 Å². The van der Waals surface area contributed by atoms with Crippen molar-refractivity contribution in [2.24, 2.45) is 0 Å². The largest absolute Gasteiger partial charge is 0.493 e. The van der Waals surface area contributed by atoms with Crippen LogP contribution in [-0.4, -0.2) is 25.6 Å². The quantitative estimate of drug-likeness (QED) is 0.828. The van der Waals surface area contributed by atoms with Crippen LogP contribution in [-0.2, 0) is 9.47 Å². The van der Waals surface area contributed by atoms with E-state index in [2.05, 4.69) is 0 Å². The predicted octanol–water partition coefficient (Wildman–Crippen LogP) is 3.18. The summed E-state index contributed by atoms with van der Waals surface area (Å²) in [7, 11) is 0. The van der Waals surface area contributed by atoms with Crippen molar-refractivity contribution in [2.45, 2.75) is 26.1 Å². The normalized spacial score (nSPS) is 18.3. The first-order chi connectivity index (χ1) is 8.09. The Hall–Kier alpha value is -0.770. The van der Waals surface area contributed by atoms with Crippen molar-refractivity contribution in [1.82, 2.24) is 0 Å². The summed E-state index contributed by atoms with van der Waals surface area (Å²) >= 11 is 5.94. The Bertz CT molecular complexity index is 386. The third kappa shape index (κ3) is 3.35. The maximum absolute atomic E-state index is 5.94. The zero-order valence-electron chi connectivity index (χ0n) is 10.2. The fourth-order valence-corrected chi connectivity index (χ4v) is 1.88. The molecule has 1 fully saturated rings. The maximum atomic E-state index is 5.94. The Labute approximate surface area is 107 Å². The highest BCUT2D eigenvalue weighted by atomic mass is 35.5. The molecule has 0 spiro atoms. The molecule has 2 rings (SSSR count). The van der Waals surface area contributed by atoms with Gasteiger partial charge in [-0.25, -0.2) is 0 Å². The third-order valence-corrected chi connectivity index (χ3v) is 3.28. The summed E-state index contributed by atoms with van der Waals surface area (Å²) in [6.45, 7) is 5.79. The van der Waals surface area contributed by atoms with E-state index in [0.717, 1.165) is 16.3 Å². The topological polar surface area (TPSA) is 27.7 Å². The second-order valence-corrected chi connectivity index (χ2v) is 4.75. The van der Waals surface area contributed by atoms with Crippen molar-refractivity contribution >= 4 is 11.6 Å². The van der Waals surface area contributed by atoms with Crippen LogP contribution < -0.4 is 4.74 Å². The fourth-order valence-electron chi connectivity index (χ4n) is 1.76. The van der Waals surface area contributed by atoms with Gasteiger partial charge in [-0.3, -0.25) is 0 Å². The van der Waals surface area contributed by atoms with Gasteiger partial charge >= 0.3 is 0 Å². The average Bonchev–Trinajstić information content (AvgIpc) is 2.71. The molecule has 4 heteroatoms. The summed E-state index contributed by atoms with van der Waals surface area (Å²) < 4.78 is 16.6. The van der Waals surface area contributed by atoms with Crippen molar-refractivity contribution < 1.29 is 14.2 Å². The predicted molar refractivity (Wildman–Crippen MR) is 66.6 cm³/mol. The number of aryl methyl sites for hydroxylation is 1. The summed E-state index contributed by atoms with van der Waals surface area (Å²) in [5, 5.41) is 0.756. The maximum Gasteiger partial charge on any atom is 0.168 e. The molecule has 0 bridgehead atoms. The van der Waals surface area contributed by atoms with Crippen molar-refractivity contribution in [1.29, 1.82) is 0 Å². The molecule has 0 atom stereocenters. The van der Waals surface area contributed by atoms with Gasteiger partial charge in [-0.05, 0) is 37.6 Å². The van der Waals surface area contributed by atoms with Gasteiger partial charge in [-0.15, -0.1) is 0 Å². The van der Waals surface area contributed by atoms with Gasteiger partial charge in [0, 0.05) is 11.4 Å². The summed E-state index contributed by atoms with van der Waals surface area (Å²) in [5.74, 6) is 0.343. The minimum atomic E-state index is -0.485. The Morgan fingerprint density at radius 2 is 2.06 bits per heavy atom. The van der Waals surface area contributed by atoms with Crippen LogP contribution in [0.5, 0.6) is 5.75 Å². The molecule has 0 unspecified atom stereocenters. The van der Waals surface area contributed by atoms with E-state index in [1.165, 1.54) is 0 Å². The number of hydrogen-bond acceptors (Lipinski definition) is 3. The molecule has 1 aromatic carbocycles. The van der Waals surface area contributed by atoms with Crippen molar-refractivity contribution in [3.05, 3.63) is 28.8 Å². The van der Waals surface area contributed by atoms with Gasteiger partial charge < -0.3 is 14.2 Å². The molecule has 1 aliphatic rings. The molecule has 1 aliphatic heterocycles. The van der Waals surface area contributed by atoms with E-state index in [1.807, 2.05) is 32.0 Å². The number of rotatable bonds is 4. The van der Waals surface area contributed by atoms with Crippen LogP contribution in [0, 0.1) is 6.92 Å². The van der Waals surface area contributed by atoms with Crippen LogP contribution in [0.4, 0.5) is 0 Å². The van der Waals surface area contributed by atoms with E-state index < -0.39 is 5.79 Å². The lowest BCUT2D eigenvalue weighted by Crippen LogP contribution is -2.27. The molecule has 3 nitrogen and oxygen atoms in total. The van der Waals surface area contributed by atoms with E-state index in [4.69, 9.17) is 25.8 Å². The van der Waals surface area contributed by atoms with E-state index >= 15 is 0 Å². The second-order valence-electron chi connectivity index (χ2n) is 4.34. The summed E-state index contributed by atoms with van der Waals surface area (Å²) in [6.07, 6.45) is 0.717. The average molecular weight is 257 g/mol. The van der Waals surface area contributed by atoms with Gasteiger partial charge in [-0.1, -0.05) is 11.6 Å². The molecule has 0 amide bonds. The lowest BCUT2D eigenvalue weighted by molar-refractivity contribution is -0.150. The molecule has 0 N–H and O–H groups in total. The van der Waals surface area contributed by atoms with Gasteiger partial charge in [0.25, 0.3) is 0 Å². The monoisotopic (exact) mass is 256 g/mol. The van der Waals surface area contributed by atoms with Crippen molar-refractivity contribution in [2.75, 3.05) is 19.8 Å². The highest BCUT2D eigenvalue weighted by Gasteiger charge is 2.30. The lowest BCUT2D eigenvalue weighted by Gasteiger charge is -2.22. The van der Waals surface area contributed by atoms with Crippen LogP contribution in [0.15, 0.2) is 18.2 Å². The summed E-state index contributed by atoms with van der Waals surface area (Å²) in [5.41, 5.74) is 1.02. The standard InChI is InChI=1S/C13H17ClO3/c1-10-9-11(3-4-12(10)14)15-6-5-13(2)16-7-8-17-13/h3-4,9H,5-8H2,1-2H3. The van der Waals surface area contributed by atoms with Crippen LogP contribution in [0.2, 0.25) is 5.02 Å². The van der Waals surface area contributed by atoms with Gasteiger partial charge in [0.05, 0.1) is 19.8 Å². The molecule has 94 valence electrons. The van der Waals surface area contributed by atoms with E-state index in [1.54, 1.807) is 0 Å². The van der Waals surface area contributed by atoms with Crippen molar-refractivity contribution in [3.8, 4) is 5.75 Å². The van der Waals surface area contributed by atoms with Gasteiger partial charge in [0.1, 0.15) is 5.75 Å². The third-order valence-electron chi connectivity index (χ3n) is 2.85. The first-order valence-electron chi connectivity index (χ1n) is 5.76. The zero-order valence-corrected chi connectivity index (χ0v) is 10.9. The molecule has 17 heavy (non-hydrogen) atoms. The first-order valence-corrected chi connectivity index (χ1v) is 6.14. The van der Waals surface area contributed by atoms with Crippen molar-refractivity contribution in [3.63, 3.8) is 0 Å². The second kappa shape index (κ2) is 5.25. The smallest absolute Gasteiger partial charge is 0.168 e. The molecular weight excluding hydrogens is 240 g/mol. The summed E-state index contributed by atoms with van der Waals surface area (Å²) in [6, 6.07) is 5.64. The Kier molecular flexibility index (Phi) is 3.92. The number of halogens is 1. The molecule has 0 aliphatic carbocycles. The molecule has 0 radical (unpaired) electrons. The lowest BCUT2D eigenvalue weighted by atomic mass is 10.2. The van der Waals surface area contributed by atoms with Crippen LogP contribution in [0.25, 0.3) is 0 Å². The SMILES string of the molecule is Cc1cc(OCCC2(C)OCCO2)ccc1Cl. The number of benzene rings is 1. The zero-order chi connectivity index (χ0) is 12.3. The highest BCUT2D eigenvalue weighted by molar-refractivity contribution is 6.31. The van der Waals surface area contributed by atoms with Crippen LogP contribution in [0.1, 0.15) is 18.9 Å². The summed E-state index contributed by atoms with van der Waals surface area (Å²) in [4.78, 5) is 0. The Morgan fingerprint density at radius 3 is 2.71 bits per heavy atom. The Balaban J connectivity index is 1.83. The number of ether oxygens (including phenoxy) is 3. The van der Waals surface area contributed by atoms with E-state index in [9.17, 15) is 0 Å². The van der Waals surface area contributed by atoms with Gasteiger partial charge in [0.15, 0.2) is 5.79 Å². The van der Waals surface area contributed by atoms with Gasteiger partial charge in [0.2, 0.25) is 0 Å².